The summed E-state index contributed by atoms with van der Waals surface area (Å²) in [5.41, 5.74) is 0. The third kappa shape index (κ3) is 7.74. The fourth-order valence-corrected chi connectivity index (χ4v) is 3.91. The van der Waals surface area contributed by atoms with Gasteiger partial charge in [0, 0.05) is 0 Å². The third-order valence-corrected chi connectivity index (χ3v) is 5.28. The number of hydrogen-bond acceptors (Lipinski definition) is 1. The van der Waals surface area contributed by atoms with Gasteiger partial charge >= 0.3 is 0 Å². The molecular weight excluding hydrogens is 256 g/mol. The molecule has 1 heteroatoms. The summed E-state index contributed by atoms with van der Waals surface area (Å²) in [6.07, 6.45) is 27.8. The molecule has 21 heavy (non-hydrogen) atoms. The molecule has 120 valence electrons. The lowest BCUT2D eigenvalue weighted by atomic mass is 9.86. The van der Waals surface area contributed by atoms with E-state index in [0.29, 0.717) is 0 Å². The van der Waals surface area contributed by atoms with Gasteiger partial charge in [-0.1, -0.05) is 64.2 Å². The Hall–Kier alpha value is -0.720. The van der Waals surface area contributed by atoms with Gasteiger partial charge in [0.25, 0.3) is 0 Å². The smallest absolute Gasteiger partial charge is 0.0861 e. The molecule has 0 aromatic rings. The molecule has 0 amide bonds. The van der Waals surface area contributed by atoms with Crippen LogP contribution in [0.4, 0.5) is 0 Å². The van der Waals surface area contributed by atoms with Gasteiger partial charge in [-0.25, -0.2) is 0 Å². The van der Waals surface area contributed by atoms with E-state index in [1.807, 2.05) is 12.5 Å². The second kappa shape index (κ2) is 10.9. The largest absolute Gasteiger partial charge is 0.473 e. The van der Waals surface area contributed by atoms with Crippen LogP contribution in [0.3, 0.4) is 0 Å². The summed E-state index contributed by atoms with van der Waals surface area (Å²) in [5, 5.41) is 0. The zero-order chi connectivity index (χ0) is 14.6. The lowest BCUT2D eigenvalue weighted by molar-refractivity contribution is 0.337. The molecule has 2 aliphatic carbocycles. The van der Waals surface area contributed by atoms with Crippen LogP contribution in [-0.4, -0.2) is 0 Å². The Morgan fingerprint density at radius 3 is 1.48 bits per heavy atom. The first-order valence-electron chi connectivity index (χ1n) is 9.40. The Balaban J connectivity index is 1.42. The lowest BCUT2D eigenvalue weighted by Gasteiger charge is -2.20. The van der Waals surface area contributed by atoms with Crippen molar-refractivity contribution in [2.75, 3.05) is 0 Å². The molecule has 0 heterocycles. The second-order valence-corrected chi connectivity index (χ2v) is 7.04. The summed E-state index contributed by atoms with van der Waals surface area (Å²) in [7, 11) is 0. The highest BCUT2D eigenvalue weighted by Gasteiger charge is 2.12. The highest BCUT2D eigenvalue weighted by molar-refractivity contribution is 4.82. The van der Waals surface area contributed by atoms with Crippen molar-refractivity contribution in [2.24, 2.45) is 11.8 Å². The third-order valence-electron chi connectivity index (χ3n) is 5.28. The van der Waals surface area contributed by atoms with Gasteiger partial charge in [-0.2, -0.15) is 0 Å². The van der Waals surface area contributed by atoms with E-state index >= 15 is 0 Å². The molecule has 2 rings (SSSR count). The van der Waals surface area contributed by atoms with Crippen LogP contribution >= 0.6 is 0 Å². The van der Waals surface area contributed by atoms with Crippen LogP contribution in [0, 0.1) is 11.8 Å². The van der Waals surface area contributed by atoms with Crippen molar-refractivity contribution >= 4 is 0 Å². The van der Waals surface area contributed by atoms with Crippen molar-refractivity contribution in [1.82, 2.24) is 0 Å². The normalized spacial score (nSPS) is 22.3. The van der Waals surface area contributed by atoms with E-state index < -0.39 is 0 Å². The van der Waals surface area contributed by atoms with Crippen LogP contribution in [-0.2, 0) is 4.74 Å². The molecule has 1 nitrogen and oxygen atoms in total. The minimum absolute atomic E-state index is 0.981. The van der Waals surface area contributed by atoms with Crippen LogP contribution in [0.5, 0.6) is 0 Å². The first-order valence-corrected chi connectivity index (χ1v) is 9.40. The summed E-state index contributed by atoms with van der Waals surface area (Å²) < 4.78 is 5.45. The van der Waals surface area contributed by atoms with Crippen LogP contribution in [0.25, 0.3) is 0 Å². The zero-order valence-electron chi connectivity index (χ0n) is 13.8. The van der Waals surface area contributed by atoms with Gasteiger partial charge in [0.15, 0.2) is 0 Å². The standard InChI is InChI=1S/C20H34O/c1-3-11-19(12-4-1)15-7-9-17-21-18-10-8-16-20-13-5-2-6-14-20/h9-10,17-20H,1-8,11-16H2. The second-order valence-electron chi connectivity index (χ2n) is 7.04. The molecule has 0 aromatic carbocycles. The van der Waals surface area contributed by atoms with Crippen LogP contribution in [0.2, 0.25) is 0 Å². The average molecular weight is 290 g/mol. The Labute approximate surface area is 131 Å². The van der Waals surface area contributed by atoms with E-state index in [2.05, 4.69) is 12.2 Å². The lowest BCUT2D eigenvalue weighted by Crippen LogP contribution is -2.05. The van der Waals surface area contributed by atoms with Gasteiger partial charge in [-0.3, -0.25) is 0 Å². The molecule has 0 radical (unpaired) electrons. The van der Waals surface area contributed by atoms with Gasteiger partial charge in [-0.15, -0.1) is 0 Å². The maximum absolute atomic E-state index is 5.45. The minimum Gasteiger partial charge on any atom is -0.473 e. The molecule has 0 aromatic heterocycles. The molecule has 0 bridgehead atoms. The highest BCUT2D eigenvalue weighted by atomic mass is 16.5. The number of allylic oxidation sites excluding steroid dienone is 2. The summed E-state index contributed by atoms with van der Waals surface area (Å²) in [5.74, 6) is 1.96. The molecule has 0 unspecified atom stereocenters. The average Bonchev–Trinajstić information content (AvgIpc) is 2.55. The van der Waals surface area contributed by atoms with E-state index in [-0.39, 0.29) is 0 Å². The number of hydrogen-bond donors (Lipinski definition) is 0. The van der Waals surface area contributed by atoms with Gasteiger partial charge in [0.05, 0.1) is 12.5 Å². The van der Waals surface area contributed by atoms with Crippen molar-refractivity contribution in [2.45, 2.75) is 89.9 Å². The van der Waals surface area contributed by atoms with Crippen LogP contribution in [0.1, 0.15) is 89.9 Å². The minimum atomic E-state index is 0.981. The Morgan fingerprint density at radius 1 is 0.619 bits per heavy atom. The predicted octanol–water partition coefficient (Wildman–Crippen LogP) is 6.75. The highest BCUT2D eigenvalue weighted by Crippen LogP contribution is 2.28. The Kier molecular flexibility index (Phi) is 8.66. The van der Waals surface area contributed by atoms with E-state index in [4.69, 9.17) is 4.74 Å². The van der Waals surface area contributed by atoms with Gasteiger partial charge in [-0.05, 0) is 49.7 Å². The molecule has 0 N–H and O–H groups in total. The predicted molar refractivity (Wildman–Crippen MR) is 91.0 cm³/mol. The Bertz CT molecular complexity index is 263. The molecule has 0 aliphatic heterocycles. The van der Waals surface area contributed by atoms with E-state index in [1.165, 1.54) is 89.9 Å². The van der Waals surface area contributed by atoms with Gasteiger partial charge < -0.3 is 4.74 Å². The van der Waals surface area contributed by atoms with Crippen molar-refractivity contribution in [3.63, 3.8) is 0 Å². The first kappa shape index (κ1) is 16.6. The van der Waals surface area contributed by atoms with Crippen molar-refractivity contribution in [1.29, 1.82) is 0 Å². The van der Waals surface area contributed by atoms with Crippen molar-refractivity contribution in [3.05, 3.63) is 24.7 Å². The maximum Gasteiger partial charge on any atom is 0.0861 e. The number of ether oxygens (including phenoxy) is 1. The monoisotopic (exact) mass is 290 g/mol. The number of rotatable bonds is 8. The van der Waals surface area contributed by atoms with E-state index in [1.54, 1.807) is 0 Å². The molecule has 2 fully saturated rings. The fraction of sp³-hybridized carbons (Fsp3) is 0.800. The SMILES string of the molecule is C(=COC=CCCC1CCCCC1)CCC1CCCCC1. The molecule has 2 saturated carbocycles. The summed E-state index contributed by atoms with van der Waals surface area (Å²) in [6.45, 7) is 0. The van der Waals surface area contributed by atoms with E-state index in [9.17, 15) is 0 Å². The molecule has 0 atom stereocenters. The first-order chi connectivity index (χ1) is 10.4. The van der Waals surface area contributed by atoms with Crippen LogP contribution < -0.4 is 0 Å². The van der Waals surface area contributed by atoms with Gasteiger partial charge in [0.1, 0.15) is 0 Å². The van der Waals surface area contributed by atoms with Crippen LogP contribution in [0.15, 0.2) is 24.7 Å². The van der Waals surface area contributed by atoms with Crippen molar-refractivity contribution < 1.29 is 4.74 Å². The quantitative estimate of drug-likeness (QED) is 0.449. The van der Waals surface area contributed by atoms with E-state index in [0.717, 1.165) is 11.8 Å². The zero-order valence-corrected chi connectivity index (χ0v) is 13.8. The summed E-state index contributed by atoms with van der Waals surface area (Å²) in [6, 6.07) is 0. The summed E-state index contributed by atoms with van der Waals surface area (Å²) >= 11 is 0. The maximum atomic E-state index is 5.45. The molecule has 0 saturated heterocycles. The fourth-order valence-electron chi connectivity index (χ4n) is 3.91. The molecule has 2 aliphatic rings. The molecule has 0 spiro atoms. The Morgan fingerprint density at radius 2 is 1.05 bits per heavy atom. The summed E-state index contributed by atoms with van der Waals surface area (Å²) in [4.78, 5) is 0. The topological polar surface area (TPSA) is 9.23 Å². The molecular formula is C20H34O. The van der Waals surface area contributed by atoms with Crippen molar-refractivity contribution in [3.8, 4) is 0 Å². The van der Waals surface area contributed by atoms with Gasteiger partial charge in [0.2, 0.25) is 0 Å².